The van der Waals surface area contributed by atoms with Crippen LogP contribution in [0.15, 0.2) is 59.6 Å². The molecule has 5 nitrogen and oxygen atoms in total. The quantitative estimate of drug-likeness (QED) is 0.391. The summed E-state index contributed by atoms with van der Waals surface area (Å²) in [6.45, 7) is 4.67. The first-order chi connectivity index (χ1) is 11.2. The Morgan fingerprint density at radius 3 is 2.54 bits per heavy atom. The molecule has 0 aliphatic heterocycles. The molecule has 3 N–H and O–H groups in total. The van der Waals surface area contributed by atoms with Crippen LogP contribution >= 0.6 is 24.0 Å². The largest absolute Gasteiger partial charge is 0.457 e. The average Bonchev–Trinajstić information content (AvgIpc) is 2.56. The van der Waals surface area contributed by atoms with Gasteiger partial charge in [0.05, 0.1) is 6.54 Å². The highest BCUT2D eigenvalue weighted by molar-refractivity contribution is 14.0. The summed E-state index contributed by atoms with van der Waals surface area (Å²) in [7, 11) is 2.06. The molecule has 0 aliphatic rings. The van der Waals surface area contributed by atoms with Crippen LogP contribution in [-0.2, 0) is 0 Å². The molecular weight excluding hydrogens is 415 g/mol. The van der Waals surface area contributed by atoms with Crippen LogP contribution in [0.25, 0.3) is 0 Å². The van der Waals surface area contributed by atoms with Crippen molar-refractivity contribution in [2.24, 2.45) is 10.7 Å². The molecule has 0 aromatic heterocycles. The molecule has 0 bridgehead atoms. The molecule has 0 spiro atoms. The lowest BCUT2D eigenvalue weighted by atomic mass is 10.3. The van der Waals surface area contributed by atoms with Gasteiger partial charge in [-0.05, 0) is 37.9 Å². The van der Waals surface area contributed by atoms with Gasteiger partial charge in [-0.2, -0.15) is 0 Å². The van der Waals surface area contributed by atoms with Crippen molar-refractivity contribution in [1.82, 2.24) is 4.90 Å². The van der Waals surface area contributed by atoms with E-state index in [2.05, 4.69) is 29.2 Å². The van der Waals surface area contributed by atoms with Crippen molar-refractivity contribution in [3.63, 3.8) is 0 Å². The predicted molar refractivity (Wildman–Crippen MR) is 112 cm³/mol. The third-order valence-corrected chi connectivity index (χ3v) is 3.39. The van der Waals surface area contributed by atoms with Crippen molar-refractivity contribution >= 4 is 35.6 Å². The van der Waals surface area contributed by atoms with Crippen molar-refractivity contribution in [2.75, 3.05) is 32.0 Å². The van der Waals surface area contributed by atoms with Crippen LogP contribution in [0.1, 0.15) is 6.92 Å². The van der Waals surface area contributed by atoms with E-state index in [0.717, 1.165) is 30.3 Å². The average molecular weight is 440 g/mol. The molecular formula is C18H25IN4O. The van der Waals surface area contributed by atoms with E-state index >= 15 is 0 Å². The van der Waals surface area contributed by atoms with Crippen LogP contribution in [0.3, 0.4) is 0 Å². The number of rotatable bonds is 7. The van der Waals surface area contributed by atoms with Crippen LogP contribution in [0, 0.1) is 0 Å². The lowest BCUT2D eigenvalue weighted by Crippen LogP contribution is -2.26. The Kier molecular flexibility index (Phi) is 9.18. The molecule has 0 atom stereocenters. The van der Waals surface area contributed by atoms with E-state index < -0.39 is 0 Å². The van der Waals surface area contributed by atoms with Gasteiger partial charge in [0.1, 0.15) is 11.5 Å². The highest BCUT2D eigenvalue weighted by atomic mass is 127. The first-order valence-corrected chi connectivity index (χ1v) is 7.76. The van der Waals surface area contributed by atoms with E-state index in [1.165, 1.54) is 0 Å². The number of benzene rings is 2. The minimum atomic E-state index is 0. The zero-order chi connectivity index (χ0) is 16.5. The molecule has 0 saturated carbocycles. The van der Waals surface area contributed by atoms with Gasteiger partial charge in [-0.3, -0.25) is 4.99 Å². The summed E-state index contributed by atoms with van der Waals surface area (Å²) in [5.74, 6) is 1.96. The third-order valence-electron chi connectivity index (χ3n) is 3.39. The number of nitrogens with two attached hydrogens (primary N) is 1. The molecule has 6 heteroatoms. The monoisotopic (exact) mass is 440 g/mol. The Hall–Kier alpha value is -1.80. The molecule has 0 fully saturated rings. The zero-order valence-electron chi connectivity index (χ0n) is 14.1. The zero-order valence-corrected chi connectivity index (χ0v) is 16.4. The number of hydrogen-bond donors (Lipinski definition) is 2. The SMILES string of the molecule is CCN(C)CCN=C(N)Nc1cccc(Oc2ccccc2)c1.I. The minimum absolute atomic E-state index is 0. The molecule has 130 valence electrons. The van der Waals surface area contributed by atoms with E-state index in [1.54, 1.807) is 0 Å². The molecule has 2 rings (SSSR count). The summed E-state index contributed by atoms with van der Waals surface area (Å²) < 4.78 is 5.80. The topological polar surface area (TPSA) is 62.9 Å². The van der Waals surface area contributed by atoms with Crippen LogP contribution in [0.5, 0.6) is 11.5 Å². The van der Waals surface area contributed by atoms with Crippen LogP contribution in [0.2, 0.25) is 0 Å². The molecule has 2 aromatic rings. The van der Waals surface area contributed by atoms with Gasteiger partial charge in [-0.1, -0.05) is 31.2 Å². The lowest BCUT2D eigenvalue weighted by molar-refractivity contribution is 0.363. The predicted octanol–water partition coefficient (Wildman–Crippen LogP) is 3.78. The smallest absolute Gasteiger partial charge is 0.193 e. The maximum Gasteiger partial charge on any atom is 0.193 e. The van der Waals surface area contributed by atoms with Crippen LogP contribution in [-0.4, -0.2) is 37.5 Å². The van der Waals surface area contributed by atoms with Crippen LogP contribution < -0.4 is 15.8 Å². The Bertz CT molecular complexity index is 634. The first-order valence-electron chi connectivity index (χ1n) is 7.76. The Balaban J connectivity index is 0.00000288. The maximum atomic E-state index is 5.92. The number of halogens is 1. The minimum Gasteiger partial charge on any atom is -0.457 e. The molecule has 24 heavy (non-hydrogen) atoms. The summed E-state index contributed by atoms with van der Waals surface area (Å²) in [5.41, 5.74) is 6.77. The molecule has 0 aliphatic carbocycles. The van der Waals surface area contributed by atoms with E-state index in [0.29, 0.717) is 12.5 Å². The van der Waals surface area contributed by atoms with E-state index in [4.69, 9.17) is 10.5 Å². The van der Waals surface area contributed by atoms with Gasteiger partial charge in [0.25, 0.3) is 0 Å². The van der Waals surface area contributed by atoms with Gasteiger partial charge in [-0.25, -0.2) is 0 Å². The molecule has 0 heterocycles. The molecule has 0 saturated heterocycles. The summed E-state index contributed by atoms with van der Waals surface area (Å²) >= 11 is 0. The van der Waals surface area contributed by atoms with Crippen molar-refractivity contribution in [3.05, 3.63) is 54.6 Å². The number of guanidine groups is 1. The van der Waals surface area contributed by atoms with E-state index in [1.807, 2.05) is 54.6 Å². The highest BCUT2D eigenvalue weighted by Gasteiger charge is 2.00. The van der Waals surface area contributed by atoms with Gasteiger partial charge in [0, 0.05) is 18.3 Å². The Labute approximate surface area is 160 Å². The molecule has 0 amide bonds. The van der Waals surface area contributed by atoms with Crippen LogP contribution in [0.4, 0.5) is 5.69 Å². The van der Waals surface area contributed by atoms with Gasteiger partial charge >= 0.3 is 0 Å². The Morgan fingerprint density at radius 1 is 1.12 bits per heavy atom. The number of para-hydroxylation sites is 1. The fourth-order valence-corrected chi connectivity index (χ4v) is 1.95. The van der Waals surface area contributed by atoms with Gasteiger partial charge in [-0.15, -0.1) is 24.0 Å². The van der Waals surface area contributed by atoms with E-state index in [-0.39, 0.29) is 24.0 Å². The molecule has 0 radical (unpaired) electrons. The van der Waals surface area contributed by atoms with Crippen molar-refractivity contribution in [3.8, 4) is 11.5 Å². The number of anilines is 1. The normalized spacial score (nSPS) is 11.0. The van der Waals surface area contributed by atoms with Crippen molar-refractivity contribution < 1.29 is 4.74 Å². The van der Waals surface area contributed by atoms with E-state index in [9.17, 15) is 0 Å². The molecule has 2 aromatic carbocycles. The first kappa shape index (κ1) is 20.2. The van der Waals surface area contributed by atoms with Crippen molar-refractivity contribution in [2.45, 2.75) is 6.92 Å². The third kappa shape index (κ3) is 7.18. The summed E-state index contributed by atoms with van der Waals surface area (Å²) in [6, 6.07) is 17.3. The number of nitrogens with one attached hydrogen (secondary N) is 1. The second kappa shape index (κ2) is 10.9. The number of aliphatic imine (C=N–C) groups is 1. The van der Waals surface area contributed by atoms with Gasteiger partial charge < -0.3 is 20.7 Å². The fourth-order valence-electron chi connectivity index (χ4n) is 1.95. The number of ether oxygens (including phenoxy) is 1. The molecule has 0 unspecified atom stereocenters. The Morgan fingerprint density at radius 2 is 1.83 bits per heavy atom. The summed E-state index contributed by atoms with van der Waals surface area (Å²) in [5, 5.41) is 3.09. The lowest BCUT2D eigenvalue weighted by Gasteiger charge is -2.12. The summed E-state index contributed by atoms with van der Waals surface area (Å²) in [4.78, 5) is 6.51. The number of hydrogen-bond acceptors (Lipinski definition) is 3. The second-order valence-corrected chi connectivity index (χ2v) is 5.23. The highest BCUT2D eigenvalue weighted by Crippen LogP contribution is 2.23. The fraction of sp³-hybridized carbons (Fsp3) is 0.278. The number of nitrogens with zero attached hydrogens (tertiary/aromatic N) is 2. The maximum absolute atomic E-state index is 5.92. The standard InChI is InChI=1S/C18H24N4O.HI/c1-3-22(2)13-12-20-18(19)21-15-8-7-11-17(14-15)23-16-9-5-4-6-10-16;/h4-11,14H,3,12-13H2,1-2H3,(H3,19,20,21);1H. The van der Waals surface area contributed by atoms with Gasteiger partial charge in [0.15, 0.2) is 5.96 Å². The van der Waals surface area contributed by atoms with Crippen molar-refractivity contribution in [1.29, 1.82) is 0 Å². The summed E-state index contributed by atoms with van der Waals surface area (Å²) in [6.07, 6.45) is 0. The van der Waals surface area contributed by atoms with Gasteiger partial charge in [0.2, 0.25) is 0 Å². The number of likely N-dealkylation sites (N-methyl/N-ethyl adjacent to an activating group) is 1. The second-order valence-electron chi connectivity index (χ2n) is 5.23.